The number of hydrogen-bond acceptors (Lipinski definition) is 1. The van der Waals surface area contributed by atoms with Crippen molar-refractivity contribution in [3.63, 3.8) is 0 Å². The molecule has 0 atom stereocenters. The SMILES string of the molecule is [CH3-].[K+].c1ccc(CN2CCC2)cc1. The maximum Gasteiger partial charge on any atom is 1.00 e. The van der Waals surface area contributed by atoms with Gasteiger partial charge in [-0.2, -0.15) is 0 Å². The van der Waals surface area contributed by atoms with Crippen molar-refractivity contribution in [2.75, 3.05) is 13.1 Å². The molecule has 1 fully saturated rings. The van der Waals surface area contributed by atoms with Gasteiger partial charge in [-0.1, -0.05) is 30.3 Å². The first kappa shape index (κ1) is 13.8. The molecule has 0 radical (unpaired) electrons. The molecule has 0 spiro atoms. The molecule has 1 nitrogen and oxygen atoms in total. The van der Waals surface area contributed by atoms with Crippen molar-refractivity contribution in [2.45, 2.75) is 13.0 Å². The second-order valence-electron chi connectivity index (χ2n) is 3.12. The van der Waals surface area contributed by atoms with E-state index in [1.165, 1.54) is 25.1 Å². The van der Waals surface area contributed by atoms with E-state index in [1.807, 2.05) is 0 Å². The molecule has 2 rings (SSSR count). The van der Waals surface area contributed by atoms with Crippen LogP contribution in [-0.2, 0) is 6.54 Å². The summed E-state index contributed by atoms with van der Waals surface area (Å²) >= 11 is 0. The number of likely N-dealkylation sites (tertiary alicyclic amines) is 1. The van der Waals surface area contributed by atoms with Gasteiger partial charge in [0.25, 0.3) is 0 Å². The van der Waals surface area contributed by atoms with Gasteiger partial charge in [0.2, 0.25) is 0 Å². The van der Waals surface area contributed by atoms with Crippen LogP contribution in [0.1, 0.15) is 12.0 Å². The Morgan fingerprint density at radius 1 is 1.08 bits per heavy atom. The van der Waals surface area contributed by atoms with E-state index in [1.54, 1.807) is 0 Å². The fourth-order valence-electron chi connectivity index (χ4n) is 1.38. The minimum absolute atomic E-state index is 0. The average Bonchev–Trinajstić information content (AvgIpc) is 1.99. The van der Waals surface area contributed by atoms with E-state index < -0.39 is 0 Å². The Kier molecular flexibility index (Phi) is 7.60. The predicted molar refractivity (Wildman–Crippen MR) is 52.8 cm³/mol. The van der Waals surface area contributed by atoms with E-state index in [2.05, 4.69) is 35.2 Å². The normalized spacial score (nSPS) is 15.1. The van der Waals surface area contributed by atoms with Crippen molar-refractivity contribution in [2.24, 2.45) is 0 Å². The summed E-state index contributed by atoms with van der Waals surface area (Å²) in [4.78, 5) is 2.47. The van der Waals surface area contributed by atoms with E-state index in [0.717, 1.165) is 6.54 Å². The number of hydrogen-bond donors (Lipinski definition) is 0. The van der Waals surface area contributed by atoms with Crippen molar-refractivity contribution in [1.29, 1.82) is 0 Å². The average molecular weight is 201 g/mol. The maximum absolute atomic E-state index is 2.47. The van der Waals surface area contributed by atoms with E-state index in [0.29, 0.717) is 0 Å². The summed E-state index contributed by atoms with van der Waals surface area (Å²) in [7, 11) is 0. The van der Waals surface area contributed by atoms with Crippen molar-refractivity contribution < 1.29 is 51.4 Å². The van der Waals surface area contributed by atoms with Crippen LogP contribution in [0.25, 0.3) is 0 Å². The van der Waals surface area contributed by atoms with Gasteiger partial charge in [0.1, 0.15) is 0 Å². The Morgan fingerprint density at radius 3 is 2.15 bits per heavy atom. The van der Waals surface area contributed by atoms with Crippen LogP contribution in [-0.4, -0.2) is 18.0 Å². The zero-order valence-electron chi connectivity index (χ0n) is 8.66. The van der Waals surface area contributed by atoms with Crippen LogP contribution in [0.5, 0.6) is 0 Å². The predicted octanol–water partition coefficient (Wildman–Crippen LogP) is -0.653. The van der Waals surface area contributed by atoms with Gasteiger partial charge in [0.15, 0.2) is 0 Å². The van der Waals surface area contributed by atoms with E-state index in [9.17, 15) is 0 Å². The van der Waals surface area contributed by atoms with Crippen molar-refractivity contribution in [1.82, 2.24) is 4.90 Å². The zero-order chi connectivity index (χ0) is 7.52. The first-order valence-corrected chi connectivity index (χ1v) is 4.21. The summed E-state index contributed by atoms with van der Waals surface area (Å²) in [5.74, 6) is 0. The van der Waals surface area contributed by atoms with Gasteiger partial charge in [-0.05, 0) is 25.1 Å². The van der Waals surface area contributed by atoms with Crippen LogP contribution in [0.4, 0.5) is 0 Å². The maximum atomic E-state index is 2.47. The van der Waals surface area contributed by atoms with Gasteiger partial charge >= 0.3 is 51.4 Å². The Bertz CT molecular complexity index is 219. The molecule has 1 saturated heterocycles. The molecule has 2 heteroatoms. The largest absolute Gasteiger partial charge is 1.00 e. The molecule has 66 valence electrons. The molecule has 0 amide bonds. The van der Waals surface area contributed by atoms with Gasteiger partial charge in [0.05, 0.1) is 0 Å². The van der Waals surface area contributed by atoms with E-state index in [-0.39, 0.29) is 58.8 Å². The molecule has 0 bridgehead atoms. The number of rotatable bonds is 2. The molecule has 0 saturated carbocycles. The second kappa shape index (κ2) is 7.15. The third kappa shape index (κ3) is 4.24. The van der Waals surface area contributed by atoms with E-state index in [4.69, 9.17) is 0 Å². The van der Waals surface area contributed by atoms with E-state index >= 15 is 0 Å². The topological polar surface area (TPSA) is 3.24 Å². The molecule has 0 aromatic heterocycles. The molecular weight excluding hydrogens is 185 g/mol. The molecule has 1 aromatic carbocycles. The van der Waals surface area contributed by atoms with Crippen LogP contribution in [0.15, 0.2) is 30.3 Å². The minimum atomic E-state index is 0. The Balaban J connectivity index is 0.000000720. The Labute approximate surface area is 124 Å². The first-order chi connectivity index (χ1) is 5.45. The summed E-state index contributed by atoms with van der Waals surface area (Å²) in [5, 5.41) is 0. The monoisotopic (exact) mass is 201 g/mol. The first-order valence-electron chi connectivity index (χ1n) is 4.21. The number of benzene rings is 1. The van der Waals surface area contributed by atoms with Crippen LogP contribution in [0.2, 0.25) is 0 Å². The van der Waals surface area contributed by atoms with Crippen LogP contribution in [0.3, 0.4) is 0 Å². The summed E-state index contributed by atoms with van der Waals surface area (Å²) in [6, 6.07) is 10.7. The molecule has 1 aromatic rings. The van der Waals surface area contributed by atoms with Crippen molar-refractivity contribution >= 4 is 0 Å². The summed E-state index contributed by atoms with van der Waals surface area (Å²) in [5.41, 5.74) is 1.44. The summed E-state index contributed by atoms with van der Waals surface area (Å²) in [6.45, 7) is 3.71. The van der Waals surface area contributed by atoms with Gasteiger partial charge in [0, 0.05) is 6.54 Å². The van der Waals surface area contributed by atoms with Gasteiger partial charge in [-0.15, -0.1) is 0 Å². The van der Waals surface area contributed by atoms with Gasteiger partial charge < -0.3 is 7.43 Å². The van der Waals surface area contributed by atoms with Gasteiger partial charge in [-0.25, -0.2) is 0 Å². The summed E-state index contributed by atoms with van der Waals surface area (Å²) in [6.07, 6.45) is 1.38. The van der Waals surface area contributed by atoms with Crippen LogP contribution >= 0.6 is 0 Å². The quantitative estimate of drug-likeness (QED) is 0.454. The number of nitrogens with zero attached hydrogens (tertiary/aromatic N) is 1. The van der Waals surface area contributed by atoms with Crippen LogP contribution in [0, 0.1) is 7.43 Å². The minimum Gasteiger partial charge on any atom is -0.358 e. The van der Waals surface area contributed by atoms with Gasteiger partial charge in [-0.3, -0.25) is 4.90 Å². The fourth-order valence-corrected chi connectivity index (χ4v) is 1.38. The molecular formula is C11H16KN. The molecule has 1 heterocycles. The Hall–Kier alpha value is 0.816. The molecule has 0 aliphatic carbocycles. The third-order valence-corrected chi connectivity index (χ3v) is 2.20. The standard InChI is InChI=1S/C10H13N.CH3.K/c1-2-5-10(6-3-1)9-11-7-4-8-11;;/h1-3,5-6H,4,7-9H2;1H3;/q;-1;+1. The molecule has 1 aliphatic heterocycles. The molecule has 0 unspecified atom stereocenters. The fraction of sp³-hybridized carbons (Fsp3) is 0.364. The zero-order valence-corrected chi connectivity index (χ0v) is 11.8. The summed E-state index contributed by atoms with van der Waals surface area (Å²) < 4.78 is 0. The van der Waals surface area contributed by atoms with Crippen molar-refractivity contribution in [3.8, 4) is 0 Å². The molecule has 1 aliphatic rings. The molecule has 0 N–H and O–H groups in total. The van der Waals surface area contributed by atoms with Crippen LogP contribution < -0.4 is 51.4 Å². The smallest absolute Gasteiger partial charge is 0.358 e. The van der Waals surface area contributed by atoms with Crippen molar-refractivity contribution in [3.05, 3.63) is 43.3 Å². The second-order valence-corrected chi connectivity index (χ2v) is 3.12. The molecule has 13 heavy (non-hydrogen) atoms. The Morgan fingerprint density at radius 2 is 1.69 bits per heavy atom. The third-order valence-electron chi connectivity index (χ3n) is 2.20.